The lowest BCUT2D eigenvalue weighted by Crippen LogP contribution is -2.05. The molecule has 0 saturated carbocycles. The summed E-state index contributed by atoms with van der Waals surface area (Å²) < 4.78 is 21.4. The third-order valence-electron chi connectivity index (χ3n) is 3.10. The van der Waals surface area contributed by atoms with E-state index in [0.717, 1.165) is 22.4 Å². The fourth-order valence-electron chi connectivity index (χ4n) is 2.17. The molecule has 6 heteroatoms. The van der Waals surface area contributed by atoms with Crippen molar-refractivity contribution in [1.29, 1.82) is 0 Å². The monoisotopic (exact) mass is 404 g/mol. The standard InChI is InChI=1S/C14H11ClFIN2O/c1-8(15)14-18-12-5-11(17)10(16)4-13(12)19(14)6-9-2-3-20-7-9/h2-5,7-8H,6H2,1H3. The van der Waals surface area contributed by atoms with Crippen LogP contribution >= 0.6 is 34.2 Å². The van der Waals surface area contributed by atoms with Crippen molar-refractivity contribution < 1.29 is 8.81 Å². The topological polar surface area (TPSA) is 31.0 Å². The summed E-state index contributed by atoms with van der Waals surface area (Å²) in [4.78, 5) is 4.52. The van der Waals surface area contributed by atoms with E-state index in [0.29, 0.717) is 10.1 Å². The van der Waals surface area contributed by atoms with Gasteiger partial charge in [-0.05, 0) is 41.6 Å². The second-order valence-corrected chi connectivity index (χ2v) is 6.38. The highest BCUT2D eigenvalue weighted by atomic mass is 127. The Bertz CT molecular complexity index is 752. The third kappa shape index (κ3) is 2.44. The lowest BCUT2D eigenvalue weighted by Gasteiger charge is -2.09. The molecule has 0 spiro atoms. The van der Waals surface area contributed by atoms with Crippen LogP contribution in [-0.2, 0) is 6.54 Å². The molecule has 0 amide bonds. The second kappa shape index (κ2) is 5.37. The Balaban J connectivity index is 2.20. The quantitative estimate of drug-likeness (QED) is 0.467. The van der Waals surface area contributed by atoms with Gasteiger partial charge < -0.3 is 8.98 Å². The van der Waals surface area contributed by atoms with Crippen molar-refractivity contribution in [2.45, 2.75) is 18.8 Å². The number of fused-ring (bicyclic) bond motifs is 1. The molecule has 0 aliphatic carbocycles. The number of furan rings is 1. The Morgan fingerprint density at radius 1 is 1.50 bits per heavy atom. The molecule has 2 heterocycles. The first-order valence-electron chi connectivity index (χ1n) is 6.06. The number of halogens is 3. The lowest BCUT2D eigenvalue weighted by atomic mass is 10.3. The zero-order valence-electron chi connectivity index (χ0n) is 10.6. The molecule has 1 atom stereocenters. The SMILES string of the molecule is CC(Cl)c1nc2cc(I)c(F)cc2n1Cc1ccoc1. The van der Waals surface area contributed by atoms with Gasteiger partial charge in [0.25, 0.3) is 0 Å². The Hall–Kier alpha value is -1.08. The molecular weight excluding hydrogens is 394 g/mol. The van der Waals surface area contributed by atoms with Gasteiger partial charge >= 0.3 is 0 Å². The van der Waals surface area contributed by atoms with Crippen molar-refractivity contribution >= 4 is 45.2 Å². The van der Waals surface area contributed by atoms with Gasteiger partial charge in [-0.3, -0.25) is 0 Å². The zero-order valence-corrected chi connectivity index (χ0v) is 13.5. The van der Waals surface area contributed by atoms with Gasteiger partial charge in [-0.1, -0.05) is 0 Å². The normalized spacial score (nSPS) is 13.0. The summed E-state index contributed by atoms with van der Waals surface area (Å²) in [7, 11) is 0. The highest BCUT2D eigenvalue weighted by molar-refractivity contribution is 14.1. The van der Waals surface area contributed by atoms with Crippen LogP contribution < -0.4 is 0 Å². The minimum absolute atomic E-state index is 0.250. The molecular formula is C14H11ClFIN2O. The highest BCUT2D eigenvalue weighted by Gasteiger charge is 2.17. The first-order valence-corrected chi connectivity index (χ1v) is 7.58. The van der Waals surface area contributed by atoms with E-state index in [1.165, 1.54) is 6.07 Å². The van der Waals surface area contributed by atoms with E-state index in [2.05, 4.69) is 4.98 Å². The van der Waals surface area contributed by atoms with Crippen molar-refractivity contribution in [1.82, 2.24) is 9.55 Å². The summed E-state index contributed by atoms with van der Waals surface area (Å²) >= 11 is 8.16. The minimum atomic E-state index is -0.255. The van der Waals surface area contributed by atoms with Crippen LogP contribution in [0, 0.1) is 9.39 Å². The number of nitrogens with zero attached hydrogens (tertiary/aromatic N) is 2. The molecule has 104 valence electrons. The number of hydrogen-bond acceptors (Lipinski definition) is 2. The number of alkyl halides is 1. The van der Waals surface area contributed by atoms with Gasteiger partial charge in [-0.2, -0.15) is 0 Å². The van der Waals surface area contributed by atoms with Crippen LogP contribution in [0.2, 0.25) is 0 Å². The molecule has 0 aliphatic heterocycles. The van der Waals surface area contributed by atoms with Crippen LogP contribution in [0.25, 0.3) is 11.0 Å². The average molecular weight is 405 g/mol. The predicted molar refractivity (Wildman–Crippen MR) is 84.5 cm³/mol. The van der Waals surface area contributed by atoms with Gasteiger partial charge in [0, 0.05) is 11.6 Å². The number of hydrogen-bond donors (Lipinski definition) is 0. The van der Waals surface area contributed by atoms with Crippen LogP contribution in [0.5, 0.6) is 0 Å². The number of rotatable bonds is 3. The summed E-state index contributed by atoms with van der Waals surface area (Å²) in [5.74, 6) is 0.476. The summed E-state index contributed by atoms with van der Waals surface area (Å²) in [6, 6.07) is 5.12. The molecule has 0 fully saturated rings. The first kappa shape index (κ1) is 13.9. The first-order chi connectivity index (χ1) is 9.56. The van der Waals surface area contributed by atoms with Crippen molar-refractivity contribution in [3.63, 3.8) is 0 Å². The Morgan fingerprint density at radius 2 is 2.30 bits per heavy atom. The smallest absolute Gasteiger partial charge is 0.138 e. The summed E-state index contributed by atoms with van der Waals surface area (Å²) in [5, 5.41) is -0.255. The van der Waals surface area contributed by atoms with Crippen LogP contribution in [0.4, 0.5) is 4.39 Å². The molecule has 3 aromatic rings. The predicted octanol–water partition coefficient (Wildman–Crippen LogP) is 4.72. The van der Waals surface area contributed by atoms with E-state index >= 15 is 0 Å². The van der Waals surface area contributed by atoms with Gasteiger partial charge in [0.05, 0.1) is 39.1 Å². The Morgan fingerprint density at radius 3 is 2.95 bits per heavy atom. The maximum atomic E-state index is 13.8. The largest absolute Gasteiger partial charge is 0.472 e. The molecule has 2 aromatic heterocycles. The number of aromatic nitrogens is 2. The van der Waals surface area contributed by atoms with E-state index < -0.39 is 0 Å². The minimum Gasteiger partial charge on any atom is -0.472 e. The number of imidazole rings is 1. The third-order valence-corrected chi connectivity index (χ3v) is 4.12. The van der Waals surface area contributed by atoms with E-state index in [1.54, 1.807) is 18.6 Å². The molecule has 3 rings (SSSR count). The molecule has 0 bridgehead atoms. The van der Waals surface area contributed by atoms with Crippen LogP contribution in [0.1, 0.15) is 23.7 Å². The molecule has 0 N–H and O–H groups in total. The van der Waals surface area contributed by atoms with E-state index in [1.807, 2.05) is 40.1 Å². The van der Waals surface area contributed by atoms with Gasteiger partial charge in [0.1, 0.15) is 11.6 Å². The van der Waals surface area contributed by atoms with Gasteiger partial charge in [0.2, 0.25) is 0 Å². The molecule has 0 aliphatic rings. The van der Waals surface area contributed by atoms with Crippen molar-refractivity contribution in [3.05, 3.63) is 51.5 Å². The fraction of sp³-hybridized carbons (Fsp3) is 0.214. The summed E-state index contributed by atoms with van der Waals surface area (Å²) in [6.07, 6.45) is 3.28. The van der Waals surface area contributed by atoms with E-state index in [4.69, 9.17) is 16.0 Å². The van der Waals surface area contributed by atoms with Gasteiger partial charge in [-0.25, -0.2) is 9.37 Å². The highest BCUT2D eigenvalue weighted by Crippen LogP contribution is 2.28. The molecule has 0 radical (unpaired) electrons. The van der Waals surface area contributed by atoms with Crippen LogP contribution in [0.15, 0.2) is 35.1 Å². The van der Waals surface area contributed by atoms with Gasteiger partial charge in [0.15, 0.2) is 0 Å². The van der Waals surface area contributed by atoms with Crippen LogP contribution in [0.3, 0.4) is 0 Å². The molecule has 20 heavy (non-hydrogen) atoms. The maximum Gasteiger partial charge on any atom is 0.138 e. The van der Waals surface area contributed by atoms with E-state index in [9.17, 15) is 4.39 Å². The average Bonchev–Trinajstić information content (AvgIpc) is 3.00. The van der Waals surface area contributed by atoms with Crippen molar-refractivity contribution in [2.75, 3.05) is 0 Å². The molecule has 0 saturated heterocycles. The summed E-state index contributed by atoms with van der Waals surface area (Å²) in [5.41, 5.74) is 2.48. The summed E-state index contributed by atoms with van der Waals surface area (Å²) in [6.45, 7) is 2.41. The van der Waals surface area contributed by atoms with Gasteiger partial charge in [-0.15, -0.1) is 11.6 Å². The zero-order chi connectivity index (χ0) is 14.3. The molecule has 1 unspecified atom stereocenters. The van der Waals surface area contributed by atoms with E-state index in [-0.39, 0.29) is 11.2 Å². The molecule has 1 aromatic carbocycles. The second-order valence-electron chi connectivity index (χ2n) is 4.56. The fourth-order valence-corrected chi connectivity index (χ4v) is 2.79. The molecule has 3 nitrogen and oxygen atoms in total. The maximum absolute atomic E-state index is 13.8. The lowest BCUT2D eigenvalue weighted by molar-refractivity contribution is 0.562. The van der Waals surface area contributed by atoms with Crippen molar-refractivity contribution in [3.8, 4) is 0 Å². The Labute approximate surface area is 133 Å². The van der Waals surface area contributed by atoms with Crippen LogP contribution in [-0.4, -0.2) is 9.55 Å². The van der Waals surface area contributed by atoms with Crippen molar-refractivity contribution in [2.24, 2.45) is 0 Å². The Kier molecular flexibility index (Phi) is 3.72. The number of benzene rings is 1.